The zero-order valence-electron chi connectivity index (χ0n) is 17.3. The molecule has 0 aromatic carbocycles. The number of nitrogens with zero attached hydrogens (tertiary/aromatic N) is 2. The van der Waals surface area contributed by atoms with Crippen LogP contribution in [0.1, 0.15) is 59.9 Å². The number of morpholine rings is 1. The van der Waals surface area contributed by atoms with Gasteiger partial charge in [-0.2, -0.15) is 0 Å². The molecule has 1 saturated heterocycles. The van der Waals surface area contributed by atoms with E-state index in [1.54, 1.807) is 0 Å². The van der Waals surface area contributed by atoms with E-state index in [9.17, 15) is 4.79 Å². The molecule has 25 heavy (non-hydrogen) atoms. The predicted molar refractivity (Wildman–Crippen MR) is 106 cm³/mol. The van der Waals surface area contributed by atoms with Crippen LogP contribution in [0.25, 0.3) is 0 Å². The van der Waals surface area contributed by atoms with Crippen LogP contribution in [0.5, 0.6) is 0 Å². The maximum Gasteiger partial charge on any atom is 0.305 e. The maximum absolute atomic E-state index is 10.4. The van der Waals surface area contributed by atoms with Gasteiger partial charge in [-0.15, -0.1) is 0 Å². The first-order chi connectivity index (χ1) is 12.2. The molecule has 2 heterocycles. The van der Waals surface area contributed by atoms with Crippen molar-refractivity contribution < 1.29 is 14.3 Å². The Morgan fingerprint density at radius 3 is 2.28 bits per heavy atom. The topological polar surface area (TPSA) is 51.7 Å². The Kier molecular flexibility index (Phi) is 19.2. The maximum atomic E-state index is 10.4. The first kappa shape index (κ1) is 25.6. The minimum atomic E-state index is -0.0880. The normalized spacial score (nSPS) is 12.4. The summed E-state index contributed by atoms with van der Waals surface area (Å²) in [5, 5.41) is 0. The Morgan fingerprint density at radius 2 is 1.80 bits per heavy atom. The van der Waals surface area contributed by atoms with E-state index in [-0.39, 0.29) is 5.97 Å². The zero-order valence-corrected chi connectivity index (χ0v) is 17.3. The molecule has 0 radical (unpaired) electrons. The average molecular weight is 355 g/mol. The van der Waals surface area contributed by atoms with Crippen LogP contribution in [0.3, 0.4) is 0 Å². The minimum Gasteiger partial charge on any atom is -0.466 e. The molecule has 0 atom stereocenters. The van der Waals surface area contributed by atoms with E-state index < -0.39 is 0 Å². The smallest absolute Gasteiger partial charge is 0.305 e. The number of rotatable bonds is 4. The van der Waals surface area contributed by atoms with Crippen LogP contribution < -0.4 is 4.90 Å². The van der Waals surface area contributed by atoms with Crippen LogP contribution in [0.15, 0.2) is 18.3 Å². The van der Waals surface area contributed by atoms with Crippen molar-refractivity contribution in [1.29, 1.82) is 0 Å². The minimum absolute atomic E-state index is 0.0880. The highest BCUT2D eigenvalue weighted by Gasteiger charge is 2.11. The largest absolute Gasteiger partial charge is 0.466 e. The number of hydrogen-bond acceptors (Lipinski definition) is 5. The fourth-order valence-electron chi connectivity index (χ4n) is 1.92. The molecule has 0 spiro atoms. The van der Waals surface area contributed by atoms with Crippen LogP contribution in [0.2, 0.25) is 0 Å². The molecule has 1 aromatic rings. The second kappa shape index (κ2) is 18.7. The number of aromatic nitrogens is 1. The Morgan fingerprint density at radius 1 is 1.20 bits per heavy atom. The molecule has 2 rings (SSSR count). The predicted octanol–water partition coefficient (Wildman–Crippen LogP) is 4.63. The van der Waals surface area contributed by atoms with Crippen molar-refractivity contribution in [2.45, 2.75) is 61.3 Å². The fourth-order valence-corrected chi connectivity index (χ4v) is 1.92. The van der Waals surface area contributed by atoms with Crippen molar-refractivity contribution in [3.8, 4) is 0 Å². The van der Waals surface area contributed by atoms with Gasteiger partial charge in [-0.1, -0.05) is 34.6 Å². The molecule has 0 unspecified atom stereocenters. The highest BCUT2D eigenvalue weighted by molar-refractivity contribution is 5.69. The molecule has 0 aliphatic carbocycles. The van der Waals surface area contributed by atoms with E-state index >= 15 is 0 Å². The molecule has 1 aromatic heterocycles. The Bertz CT molecular complexity index is 411. The summed E-state index contributed by atoms with van der Waals surface area (Å²) in [6, 6.07) is 4.13. The molecule has 1 fully saturated rings. The quantitative estimate of drug-likeness (QED) is 0.738. The summed E-state index contributed by atoms with van der Waals surface area (Å²) in [6.07, 6.45) is 3.28. The van der Waals surface area contributed by atoms with E-state index in [0.29, 0.717) is 13.0 Å². The lowest BCUT2D eigenvalue weighted by atomic mass is 10.3. The van der Waals surface area contributed by atoms with Crippen LogP contribution in [0, 0.1) is 6.92 Å². The van der Waals surface area contributed by atoms with Gasteiger partial charge in [0.2, 0.25) is 0 Å². The first-order valence-electron chi connectivity index (χ1n) is 9.58. The van der Waals surface area contributed by atoms with Gasteiger partial charge in [0.15, 0.2) is 0 Å². The molecule has 0 N–H and O–H groups in total. The van der Waals surface area contributed by atoms with Gasteiger partial charge < -0.3 is 14.4 Å². The van der Waals surface area contributed by atoms with E-state index in [1.165, 1.54) is 5.56 Å². The second-order valence-electron chi connectivity index (χ2n) is 4.85. The summed E-state index contributed by atoms with van der Waals surface area (Å²) >= 11 is 0. The lowest BCUT2D eigenvalue weighted by Gasteiger charge is -2.27. The van der Waals surface area contributed by atoms with E-state index in [2.05, 4.69) is 27.6 Å². The number of pyridine rings is 1. The zero-order chi connectivity index (χ0) is 19.5. The third-order valence-electron chi connectivity index (χ3n) is 3.00. The van der Waals surface area contributed by atoms with E-state index in [4.69, 9.17) is 4.74 Å². The van der Waals surface area contributed by atoms with Crippen molar-refractivity contribution in [2.75, 3.05) is 37.8 Å². The SMILES string of the molecule is CC.CC.CCCC(=O)OCC.Cc1ccnc(N2CCOCC2)c1. The summed E-state index contributed by atoms with van der Waals surface area (Å²) in [5.41, 5.74) is 1.26. The summed E-state index contributed by atoms with van der Waals surface area (Å²) in [7, 11) is 0. The van der Waals surface area contributed by atoms with Gasteiger partial charge in [0.25, 0.3) is 0 Å². The van der Waals surface area contributed by atoms with Crippen molar-refractivity contribution in [2.24, 2.45) is 0 Å². The standard InChI is InChI=1S/C10H14N2O.C6H12O2.2C2H6/c1-9-2-3-11-10(8-9)12-4-6-13-7-5-12;1-3-5-6(7)8-4-2;2*1-2/h2-3,8H,4-7H2,1H3;3-5H2,1-2H3;2*1-2H3. The van der Waals surface area contributed by atoms with Crippen molar-refractivity contribution in [1.82, 2.24) is 4.98 Å². The molecular formula is C20H38N2O3. The van der Waals surface area contributed by atoms with Crippen molar-refractivity contribution in [3.05, 3.63) is 23.9 Å². The van der Waals surface area contributed by atoms with Gasteiger partial charge in [0, 0.05) is 25.7 Å². The monoisotopic (exact) mass is 354 g/mol. The molecule has 0 amide bonds. The number of aryl methyl sites for hydroxylation is 1. The number of ether oxygens (including phenoxy) is 2. The Balaban J connectivity index is 0. The first-order valence-corrected chi connectivity index (χ1v) is 9.58. The summed E-state index contributed by atoms with van der Waals surface area (Å²) in [4.78, 5) is 17.0. The van der Waals surface area contributed by atoms with Gasteiger partial charge in [0.05, 0.1) is 19.8 Å². The Labute approximate surface area is 154 Å². The molecular weight excluding hydrogens is 316 g/mol. The van der Waals surface area contributed by atoms with Crippen LogP contribution in [-0.4, -0.2) is 43.9 Å². The summed E-state index contributed by atoms with van der Waals surface area (Å²) in [6.45, 7) is 17.9. The highest BCUT2D eigenvalue weighted by atomic mass is 16.5. The van der Waals surface area contributed by atoms with Gasteiger partial charge in [-0.05, 0) is 38.0 Å². The van der Waals surface area contributed by atoms with Crippen molar-refractivity contribution >= 4 is 11.8 Å². The third kappa shape index (κ3) is 13.4. The van der Waals surface area contributed by atoms with Crippen LogP contribution in [0.4, 0.5) is 5.82 Å². The molecule has 146 valence electrons. The number of esters is 1. The Hall–Kier alpha value is -1.62. The molecule has 0 saturated carbocycles. The molecule has 5 nitrogen and oxygen atoms in total. The average Bonchev–Trinajstić information content (AvgIpc) is 2.67. The molecule has 0 bridgehead atoms. The van der Waals surface area contributed by atoms with Crippen LogP contribution >= 0.6 is 0 Å². The van der Waals surface area contributed by atoms with Gasteiger partial charge in [-0.25, -0.2) is 4.98 Å². The third-order valence-corrected chi connectivity index (χ3v) is 3.00. The lowest BCUT2D eigenvalue weighted by Crippen LogP contribution is -2.36. The highest BCUT2D eigenvalue weighted by Crippen LogP contribution is 2.13. The van der Waals surface area contributed by atoms with Crippen LogP contribution in [-0.2, 0) is 14.3 Å². The number of hydrogen-bond donors (Lipinski definition) is 0. The second-order valence-corrected chi connectivity index (χ2v) is 4.85. The lowest BCUT2D eigenvalue weighted by molar-refractivity contribution is -0.143. The number of carbonyl (C=O) groups is 1. The summed E-state index contributed by atoms with van der Waals surface area (Å²) in [5.74, 6) is 0.985. The van der Waals surface area contributed by atoms with E-state index in [1.807, 2.05) is 53.8 Å². The molecule has 1 aliphatic rings. The van der Waals surface area contributed by atoms with Gasteiger partial charge in [0.1, 0.15) is 5.82 Å². The number of anilines is 1. The van der Waals surface area contributed by atoms with Gasteiger partial charge in [-0.3, -0.25) is 4.79 Å². The summed E-state index contributed by atoms with van der Waals surface area (Å²) < 4.78 is 9.93. The number of carbonyl (C=O) groups excluding carboxylic acids is 1. The fraction of sp³-hybridized carbons (Fsp3) is 0.700. The van der Waals surface area contributed by atoms with Gasteiger partial charge >= 0.3 is 5.97 Å². The molecule has 5 heteroatoms. The van der Waals surface area contributed by atoms with E-state index in [0.717, 1.165) is 38.5 Å². The van der Waals surface area contributed by atoms with Crippen molar-refractivity contribution in [3.63, 3.8) is 0 Å². The molecule has 1 aliphatic heterocycles.